The van der Waals surface area contributed by atoms with Crippen LogP contribution in [-0.2, 0) is 4.79 Å². The number of rotatable bonds is 5. The number of anilines is 2. The summed E-state index contributed by atoms with van der Waals surface area (Å²) in [6.07, 6.45) is 1.60. The standard InChI is InChI=1S/C26H26N2O2/c1-19-11-13-22(14-12-19)28-17-15-21(16-18-28)26(30)27-24-10-6-5-9-23(24)25(29)20-7-3-2-4-8-20/h2-14,21H,15-18H2,1H3,(H,27,30). The minimum absolute atomic E-state index is 0.00753. The third kappa shape index (κ3) is 4.43. The summed E-state index contributed by atoms with van der Waals surface area (Å²) in [4.78, 5) is 28.1. The second-order valence-electron chi connectivity index (χ2n) is 7.83. The normalized spacial score (nSPS) is 14.4. The number of carbonyl (C=O) groups excluding carboxylic acids is 2. The van der Waals surface area contributed by atoms with Gasteiger partial charge in [-0.2, -0.15) is 0 Å². The summed E-state index contributed by atoms with van der Waals surface area (Å²) >= 11 is 0. The minimum Gasteiger partial charge on any atom is -0.371 e. The molecule has 30 heavy (non-hydrogen) atoms. The van der Waals surface area contributed by atoms with E-state index in [0.29, 0.717) is 16.8 Å². The van der Waals surface area contributed by atoms with E-state index in [1.807, 2.05) is 30.3 Å². The Labute approximate surface area is 177 Å². The number of ketones is 1. The summed E-state index contributed by atoms with van der Waals surface area (Å²) in [7, 11) is 0. The number of hydrogen-bond donors (Lipinski definition) is 1. The highest BCUT2D eigenvalue weighted by Crippen LogP contribution is 2.26. The van der Waals surface area contributed by atoms with Crippen molar-refractivity contribution < 1.29 is 9.59 Å². The first-order valence-electron chi connectivity index (χ1n) is 10.4. The fraction of sp³-hybridized carbons (Fsp3) is 0.231. The van der Waals surface area contributed by atoms with Gasteiger partial charge in [0.2, 0.25) is 5.91 Å². The smallest absolute Gasteiger partial charge is 0.227 e. The molecule has 0 spiro atoms. The van der Waals surface area contributed by atoms with E-state index in [4.69, 9.17) is 0 Å². The number of benzene rings is 3. The largest absolute Gasteiger partial charge is 0.371 e. The maximum atomic E-state index is 12.9. The number of aryl methyl sites for hydroxylation is 1. The SMILES string of the molecule is Cc1ccc(N2CCC(C(=O)Nc3ccccc3C(=O)c3ccccc3)CC2)cc1. The molecule has 3 aromatic carbocycles. The summed E-state index contributed by atoms with van der Waals surface area (Å²) in [6, 6.07) is 24.9. The molecular formula is C26H26N2O2. The van der Waals surface area contributed by atoms with Crippen LogP contribution < -0.4 is 10.2 Å². The van der Waals surface area contributed by atoms with Crippen LogP contribution in [0.25, 0.3) is 0 Å². The maximum absolute atomic E-state index is 12.9. The van der Waals surface area contributed by atoms with Crippen LogP contribution in [0.4, 0.5) is 11.4 Å². The summed E-state index contributed by atoms with van der Waals surface area (Å²) in [5, 5.41) is 3.01. The van der Waals surface area contributed by atoms with Gasteiger partial charge in [0.15, 0.2) is 5.78 Å². The summed E-state index contributed by atoms with van der Waals surface area (Å²) in [5.41, 5.74) is 4.17. The molecule has 1 aliphatic heterocycles. The van der Waals surface area contributed by atoms with Gasteiger partial charge in [-0.15, -0.1) is 0 Å². The van der Waals surface area contributed by atoms with Gasteiger partial charge in [0, 0.05) is 35.8 Å². The predicted molar refractivity (Wildman–Crippen MR) is 121 cm³/mol. The van der Waals surface area contributed by atoms with Gasteiger partial charge in [0.25, 0.3) is 0 Å². The number of piperidine rings is 1. The lowest BCUT2D eigenvalue weighted by Gasteiger charge is -2.33. The van der Waals surface area contributed by atoms with Crippen LogP contribution in [0, 0.1) is 12.8 Å². The van der Waals surface area contributed by atoms with Crippen LogP contribution in [0.15, 0.2) is 78.9 Å². The van der Waals surface area contributed by atoms with Gasteiger partial charge < -0.3 is 10.2 Å². The van der Waals surface area contributed by atoms with Gasteiger partial charge in [-0.05, 0) is 44.0 Å². The highest BCUT2D eigenvalue weighted by atomic mass is 16.2. The van der Waals surface area contributed by atoms with Gasteiger partial charge in [-0.1, -0.05) is 60.2 Å². The summed E-state index contributed by atoms with van der Waals surface area (Å²) < 4.78 is 0. The van der Waals surface area contributed by atoms with E-state index in [0.717, 1.165) is 25.9 Å². The van der Waals surface area contributed by atoms with Gasteiger partial charge in [0.1, 0.15) is 0 Å². The second-order valence-corrected chi connectivity index (χ2v) is 7.83. The van der Waals surface area contributed by atoms with E-state index < -0.39 is 0 Å². The third-order valence-electron chi connectivity index (χ3n) is 5.73. The quantitative estimate of drug-likeness (QED) is 0.610. The lowest BCUT2D eigenvalue weighted by Crippen LogP contribution is -2.38. The molecule has 1 heterocycles. The summed E-state index contributed by atoms with van der Waals surface area (Å²) in [6.45, 7) is 3.79. The molecule has 3 aromatic rings. The molecule has 1 amide bonds. The van der Waals surface area contributed by atoms with Gasteiger partial charge in [0.05, 0.1) is 5.69 Å². The molecule has 1 fully saturated rings. The predicted octanol–water partition coefficient (Wildman–Crippen LogP) is 5.08. The van der Waals surface area contributed by atoms with Gasteiger partial charge in [-0.3, -0.25) is 9.59 Å². The number of amides is 1. The summed E-state index contributed by atoms with van der Waals surface area (Å²) in [5.74, 6) is -0.140. The Kier molecular flexibility index (Phi) is 5.94. The van der Waals surface area contributed by atoms with Crippen LogP contribution >= 0.6 is 0 Å². The van der Waals surface area contributed by atoms with Crippen molar-refractivity contribution in [3.63, 3.8) is 0 Å². The van der Waals surface area contributed by atoms with E-state index in [1.165, 1.54) is 11.3 Å². The van der Waals surface area contributed by atoms with E-state index >= 15 is 0 Å². The molecule has 1 N–H and O–H groups in total. The Morgan fingerprint density at radius 1 is 0.833 bits per heavy atom. The second kappa shape index (κ2) is 8.95. The molecule has 4 rings (SSSR count). The average molecular weight is 399 g/mol. The molecule has 0 atom stereocenters. The van der Waals surface area contributed by atoms with Crippen molar-refractivity contribution in [3.05, 3.63) is 95.6 Å². The van der Waals surface area contributed by atoms with E-state index in [-0.39, 0.29) is 17.6 Å². The lowest BCUT2D eigenvalue weighted by molar-refractivity contribution is -0.120. The fourth-order valence-corrected chi connectivity index (χ4v) is 3.93. The van der Waals surface area contributed by atoms with Crippen molar-refractivity contribution in [2.45, 2.75) is 19.8 Å². The van der Waals surface area contributed by atoms with Crippen molar-refractivity contribution in [2.24, 2.45) is 5.92 Å². The lowest BCUT2D eigenvalue weighted by atomic mass is 9.94. The van der Waals surface area contributed by atoms with E-state index in [9.17, 15) is 9.59 Å². The molecule has 0 aromatic heterocycles. The molecule has 4 heteroatoms. The van der Waals surface area contributed by atoms with Crippen molar-refractivity contribution in [2.75, 3.05) is 23.3 Å². The number of nitrogens with one attached hydrogen (secondary N) is 1. The van der Waals surface area contributed by atoms with Gasteiger partial charge in [-0.25, -0.2) is 0 Å². The van der Waals surface area contributed by atoms with Crippen molar-refractivity contribution in [1.82, 2.24) is 0 Å². The topological polar surface area (TPSA) is 49.4 Å². The Bertz CT molecular complexity index is 1020. The van der Waals surface area contributed by atoms with Crippen molar-refractivity contribution in [3.8, 4) is 0 Å². The Hall–Kier alpha value is -3.40. The monoisotopic (exact) mass is 398 g/mol. The van der Waals surface area contributed by atoms with Crippen LogP contribution in [0.3, 0.4) is 0 Å². The first-order chi connectivity index (χ1) is 14.6. The number of nitrogens with zero attached hydrogens (tertiary/aromatic N) is 1. The molecule has 0 bridgehead atoms. The molecule has 152 valence electrons. The number of carbonyl (C=O) groups is 2. The van der Waals surface area contributed by atoms with Gasteiger partial charge >= 0.3 is 0 Å². The highest BCUT2D eigenvalue weighted by Gasteiger charge is 2.26. The molecule has 0 radical (unpaired) electrons. The average Bonchev–Trinajstić information content (AvgIpc) is 2.80. The first kappa shape index (κ1) is 19.9. The van der Waals surface area contributed by atoms with E-state index in [2.05, 4.69) is 41.4 Å². The highest BCUT2D eigenvalue weighted by molar-refractivity contribution is 6.13. The zero-order valence-electron chi connectivity index (χ0n) is 17.2. The molecule has 0 aliphatic carbocycles. The van der Waals surface area contributed by atoms with Crippen molar-refractivity contribution >= 4 is 23.1 Å². The van der Waals surface area contributed by atoms with Crippen LogP contribution in [0.5, 0.6) is 0 Å². The zero-order chi connectivity index (χ0) is 20.9. The maximum Gasteiger partial charge on any atom is 0.227 e. The molecule has 0 saturated carbocycles. The molecule has 1 saturated heterocycles. The third-order valence-corrected chi connectivity index (χ3v) is 5.73. The number of hydrogen-bond acceptors (Lipinski definition) is 3. The minimum atomic E-state index is -0.0827. The molecule has 0 unspecified atom stereocenters. The van der Waals surface area contributed by atoms with Crippen LogP contribution in [0.2, 0.25) is 0 Å². The molecular weight excluding hydrogens is 372 g/mol. The Morgan fingerprint density at radius 3 is 2.17 bits per heavy atom. The van der Waals surface area contributed by atoms with Crippen LogP contribution in [0.1, 0.15) is 34.3 Å². The first-order valence-corrected chi connectivity index (χ1v) is 10.4. The Balaban J connectivity index is 1.41. The molecule has 4 nitrogen and oxygen atoms in total. The molecule has 1 aliphatic rings. The zero-order valence-corrected chi connectivity index (χ0v) is 17.2. The van der Waals surface area contributed by atoms with E-state index in [1.54, 1.807) is 24.3 Å². The fourth-order valence-electron chi connectivity index (χ4n) is 3.93. The van der Waals surface area contributed by atoms with Crippen molar-refractivity contribution in [1.29, 1.82) is 0 Å². The van der Waals surface area contributed by atoms with Crippen LogP contribution in [-0.4, -0.2) is 24.8 Å². The number of para-hydroxylation sites is 1. The Morgan fingerprint density at radius 2 is 1.47 bits per heavy atom.